The number of carbonyl (C=O) groups is 1. The summed E-state index contributed by atoms with van der Waals surface area (Å²) < 4.78 is 0. The minimum atomic E-state index is -0.657. The van der Waals surface area contributed by atoms with Crippen LogP contribution in [-0.4, -0.2) is 34.9 Å². The second-order valence-electron chi connectivity index (χ2n) is 24.0. The lowest BCUT2D eigenvalue weighted by molar-refractivity contribution is -0.123. The van der Waals surface area contributed by atoms with E-state index in [1.54, 1.807) is 0 Å². The molecule has 1 amide bonds. The number of nitrogens with one attached hydrogen (secondary N) is 1. The minimum absolute atomic E-state index is 0.0207. The number of rotatable bonds is 65. The first kappa shape index (κ1) is 72.1. The standard InChI is InChI=1S/C69H137NO3/c1-3-5-7-9-11-13-15-17-19-21-23-25-27-28-29-30-31-32-33-34-35-36-37-38-39-40-41-42-43-45-47-49-51-53-55-57-59-61-63-65-69(73)70-67(66-71)68(72)64-62-60-58-56-54-52-50-48-46-44-26-24-22-20-18-16-14-12-10-8-6-4-2/h21,23,67-68,71-72H,3-20,22,24-66H2,1-2H3,(H,70,73)/b23-21-. The number of hydrogen-bond donors (Lipinski definition) is 3. The van der Waals surface area contributed by atoms with E-state index in [2.05, 4.69) is 31.3 Å². The highest BCUT2D eigenvalue weighted by Crippen LogP contribution is 2.19. The second kappa shape index (κ2) is 65.4. The van der Waals surface area contributed by atoms with Gasteiger partial charge in [-0.2, -0.15) is 0 Å². The van der Waals surface area contributed by atoms with Gasteiger partial charge >= 0.3 is 0 Å². The van der Waals surface area contributed by atoms with Gasteiger partial charge in [-0.3, -0.25) is 4.79 Å². The lowest BCUT2D eigenvalue weighted by atomic mass is 10.0. The normalized spacial score (nSPS) is 12.7. The van der Waals surface area contributed by atoms with E-state index < -0.39 is 12.1 Å². The Kier molecular flexibility index (Phi) is 64.6. The minimum Gasteiger partial charge on any atom is -0.394 e. The third-order valence-corrected chi connectivity index (χ3v) is 16.5. The summed E-state index contributed by atoms with van der Waals surface area (Å²) in [5.41, 5.74) is 0. The maximum atomic E-state index is 12.5. The molecule has 4 heteroatoms. The van der Waals surface area contributed by atoms with Gasteiger partial charge in [-0.25, -0.2) is 0 Å². The van der Waals surface area contributed by atoms with Crippen molar-refractivity contribution < 1.29 is 15.0 Å². The Hall–Kier alpha value is -0.870. The lowest BCUT2D eigenvalue weighted by Crippen LogP contribution is -2.45. The van der Waals surface area contributed by atoms with Crippen molar-refractivity contribution in [3.63, 3.8) is 0 Å². The molecular formula is C69H137NO3. The van der Waals surface area contributed by atoms with Crippen molar-refractivity contribution in [1.82, 2.24) is 5.32 Å². The van der Waals surface area contributed by atoms with Crippen LogP contribution in [0.25, 0.3) is 0 Å². The predicted octanol–water partition coefficient (Wildman–Crippen LogP) is 23.2. The molecule has 2 atom stereocenters. The smallest absolute Gasteiger partial charge is 0.220 e. The van der Waals surface area contributed by atoms with Crippen molar-refractivity contribution in [2.24, 2.45) is 0 Å². The number of aliphatic hydroxyl groups excluding tert-OH is 2. The van der Waals surface area contributed by atoms with Crippen LogP contribution in [0.4, 0.5) is 0 Å². The molecule has 0 aromatic carbocycles. The Labute approximate surface area is 460 Å². The second-order valence-corrected chi connectivity index (χ2v) is 24.0. The average molecular weight is 1030 g/mol. The van der Waals surface area contributed by atoms with E-state index in [-0.39, 0.29) is 12.5 Å². The van der Waals surface area contributed by atoms with Crippen LogP contribution in [0.5, 0.6) is 0 Å². The maximum absolute atomic E-state index is 12.5. The molecule has 0 aliphatic heterocycles. The van der Waals surface area contributed by atoms with Crippen LogP contribution in [0.1, 0.15) is 406 Å². The van der Waals surface area contributed by atoms with Crippen LogP contribution in [-0.2, 0) is 4.79 Å². The number of carbonyl (C=O) groups excluding carboxylic acids is 1. The van der Waals surface area contributed by atoms with Crippen molar-refractivity contribution in [3.05, 3.63) is 12.2 Å². The SMILES string of the molecule is CCCCCCCCCC/C=C\CCCCCCCCCCCCCCCCCCCCCCCCCCCCCC(=O)NC(CO)C(O)CCCCCCCCCCCCCCCCCCCCCCCC. The first-order valence-corrected chi connectivity index (χ1v) is 34.4. The van der Waals surface area contributed by atoms with E-state index in [4.69, 9.17) is 0 Å². The Morgan fingerprint density at radius 2 is 0.521 bits per heavy atom. The van der Waals surface area contributed by atoms with E-state index >= 15 is 0 Å². The zero-order chi connectivity index (χ0) is 52.7. The largest absolute Gasteiger partial charge is 0.394 e. The Morgan fingerprint density at radius 3 is 0.753 bits per heavy atom. The van der Waals surface area contributed by atoms with Gasteiger partial charge in [-0.1, -0.05) is 373 Å². The van der Waals surface area contributed by atoms with Crippen LogP contribution in [0.15, 0.2) is 12.2 Å². The number of amides is 1. The fourth-order valence-corrected chi connectivity index (χ4v) is 11.3. The van der Waals surface area contributed by atoms with Crippen LogP contribution < -0.4 is 5.32 Å². The molecule has 0 rings (SSSR count). The third kappa shape index (κ3) is 61.9. The quantitative estimate of drug-likeness (QED) is 0.0420. The van der Waals surface area contributed by atoms with Crippen molar-refractivity contribution in [1.29, 1.82) is 0 Å². The molecule has 0 aromatic heterocycles. The molecule has 0 aromatic rings. The number of aliphatic hydroxyl groups is 2. The number of hydrogen-bond acceptors (Lipinski definition) is 3. The van der Waals surface area contributed by atoms with Gasteiger partial charge in [-0.15, -0.1) is 0 Å². The monoisotopic (exact) mass is 1030 g/mol. The zero-order valence-corrected chi connectivity index (χ0v) is 50.5. The highest BCUT2D eigenvalue weighted by atomic mass is 16.3. The Morgan fingerprint density at radius 1 is 0.315 bits per heavy atom. The highest BCUT2D eigenvalue weighted by Gasteiger charge is 2.20. The van der Waals surface area contributed by atoms with E-state index in [9.17, 15) is 15.0 Å². The molecule has 0 radical (unpaired) electrons. The fourth-order valence-electron chi connectivity index (χ4n) is 11.3. The Balaban J connectivity index is 3.35. The molecule has 73 heavy (non-hydrogen) atoms. The molecule has 0 saturated carbocycles. The topological polar surface area (TPSA) is 69.6 Å². The van der Waals surface area contributed by atoms with Gasteiger partial charge in [0.25, 0.3) is 0 Å². The molecule has 4 nitrogen and oxygen atoms in total. The first-order chi connectivity index (χ1) is 36.2. The molecule has 0 aliphatic rings. The summed E-state index contributed by atoms with van der Waals surface area (Å²) in [6.07, 6.45) is 87.0. The summed E-state index contributed by atoms with van der Waals surface area (Å²) in [6.45, 7) is 4.41. The molecule has 0 heterocycles. The molecule has 0 fully saturated rings. The summed E-state index contributed by atoms with van der Waals surface area (Å²) in [7, 11) is 0. The van der Waals surface area contributed by atoms with Crippen LogP contribution in [0.3, 0.4) is 0 Å². The summed E-state index contributed by atoms with van der Waals surface area (Å²) in [5, 5.41) is 23.4. The number of unbranched alkanes of at least 4 members (excludes halogenated alkanes) is 56. The molecule has 2 unspecified atom stereocenters. The van der Waals surface area contributed by atoms with Crippen LogP contribution in [0, 0.1) is 0 Å². The molecular weight excluding hydrogens is 891 g/mol. The number of allylic oxidation sites excluding steroid dienone is 2. The van der Waals surface area contributed by atoms with Gasteiger partial charge in [0.15, 0.2) is 0 Å². The highest BCUT2D eigenvalue weighted by molar-refractivity contribution is 5.76. The molecule has 0 saturated heterocycles. The summed E-state index contributed by atoms with van der Waals surface area (Å²) >= 11 is 0. The average Bonchev–Trinajstić information content (AvgIpc) is 3.40. The third-order valence-electron chi connectivity index (χ3n) is 16.5. The maximum Gasteiger partial charge on any atom is 0.220 e. The van der Waals surface area contributed by atoms with Crippen molar-refractivity contribution in [3.8, 4) is 0 Å². The predicted molar refractivity (Wildman–Crippen MR) is 327 cm³/mol. The summed E-state index contributed by atoms with van der Waals surface area (Å²) in [4.78, 5) is 12.5. The van der Waals surface area contributed by atoms with E-state index in [0.29, 0.717) is 12.8 Å². The molecule has 436 valence electrons. The van der Waals surface area contributed by atoms with Crippen LogP contribution >= 0.6 is 0 Å². The van der Waals surface area contributed by atoms with E-state index in [1.807, 2.05) is 0 Å². The van der Waals surface area contributed by atoms with Crippen molar-refractivity contribution >= 4 is 5.91 Å². The summed E-state index contributed by atoms with van der Waals surface area (Å²) in [6, 6.07) is -0.533. The van der Waals surface area contributed by atoms with Gasteiger partial charge in [0.05, 0.1) is 18.8 Å². The van der Waals surface area contributed by atoms with Gasteiger partial charge < -0.3 is 15.5 Å². The van der Waals surface area contributed by atoms with Gasteiger partial charge in [0.1, 0.15) is 0 Å². The molecule has 0 spiro atoms. The van der Waals surface area contributed by atoms with Crippen LogP contribution in [0.2, 0.25) is 0 Å². The van der Waals surface area contributed by atoms with Gasteiger partial charge in [0, 0.05) is 6.42 Å². The van der Waals surface area contributed by atoms with Crippen molar-refractivity contribution in [2.45, 2.75) is 418 Å². The lowest BCUT2D eigenvalue weighted by Gasteiger charge is -2.22. The van der Waals surface area contributed by atoms with E-state index in [1.165, 1.54) is 353 Å². The molecule has 3 N–H and O–H groups in total. The fraction of sp³-hybridized carbons (Fsp3) is 0.957. The Bertz CT molecular complexity index is 1030. The van der Waals surface area contributed by atoms with E-state index in [0.717, 1.165) is 25.7 Å². The zero-order valence-electron chi connectivity index (χ0n) is 50.5. The van der Waals surface area contributed by atoms with Gasteiger partial charge in [-0.05, 0) is 38.5 Å². The van der Waals surface area contributed by atoms with Gasteiger partial charge in [0.2, 0.25) is 5.91 Å². The molecule has 0 bridgehead atoms. The summed E-state index contributed by atoms with van der Waals surface area (Å²) in [5.74, 6) is -0.0207. The first-order valence-electron chi connectivity index (χ1n) is 34.4. The molecule has 0 aliphatic carbocycles. The van der Waals surface area contributed by atoms with Crippen molar-refractivity contribution in [2.75, 3.05) is 6.61 Å².